The van der Waals surface area contributed by atoms with Crippen LogP contribution in [0.5, 0.6) is 0 Å². The fourth-order valence-corrected chi connectivity index (χ4v) is 1.97. The maximum atomic E-state index is 4.40. The van der Waals surface area contributed by atoms with Gasteiger partial charge in [0.25, 0.3) is 0 Å². The molecule has 1 aromatic rings. The first-order chi connectivity index (χ1) is 6.84. The number of hydrogen-bond donors (Lipinski definition) is 1. The highest BCUT2D eigenvalue weighted by Gasteiger charge is 2.13. The molecule has 1 fully saturated rings. The number of aromatic nitrogens is 2. The van der Waals surface area contributed by atoms with E-state index in [1.807, 2.05) is 19.2 Å². The molecule has 76 valence electrons. The van der Waals surface area contributed by atoms with Crippen LogP contribution >= 0.6 is 0 Å². The van der Waals surface area contributed by atoms with E-state index >= 15 is 0 Å². The van der Waals surface area contributed by atoms with Gasteiger partial charge in [0.15, 0.2) is 0 Å². The van der Waals surface area contributed by atoms with E-state index in [-0.39, 0.29) is 0 Å². The van der Waals surface area contributed by atoms with Crippen molar-refractivity contribution >= 4 is 0 Å². The summed E-state index contributed by atoms with van der Waals surface area (Å²) < 4.78 is 0. The molecule has 0 saturated carbocycles. The summed E-state index contributed by atoms with van der Waals surface area (Å²) in [6.45, 7) is 3.13. The molecule has 2 rings (SSSR count). The normalized spacial score (nSPS) is 21.4. The van der Waals surface area contributed by atoms with E-state index in [1.54, 1.807) is 0 Å². The highest BCUT2D eigenvalue weighted by Crippen LogP contribution is 2.11. The predicted octanol–water partition coefficient (Wildman–Crippen LogP) is 1.47. The van der Waals surface area contributed by atoms with Gasteiger partial charge in [0.05, 0.1) is 0 Å². The molecule has 0 radical (unpaired) electrons. The van der Waals surface area contributed by atoms with Crippen LogP contribution in [0.2, 0.25) is 0 Å². The van der Waals surface area contributed by atoms with Gasteiger partial charge < -0.3 is 5.32 Å². The molecule has 1 N–H and O–H groups in total. The summed E-state index contributed by atoms with van der Waals surface area (Å²) in [6, 6.07) is 2.73. The molecule has 0 aliphatic carbocycles. The van der Waals surface area contributed by atoms with Crippen LogP contribution in [0.15, 0.2) is 12.3 Å². The number of nitrogens with one attached hydrogen (secondary N) is 1. The molecule has 0 aromatic carbocycles. The summed E-state index contributed by atoms with van der Waals surface area (Å²) >= 11 is 0. The molecule has 1 aliphatic rings. The standard InChI is InChI=1S/C11H17N3/c1-9-12-8-6-11(14-9)5-4-10-3-2-7-13-10/h6,8,10,13H,2-5,7H2,1H3. The summed E-state index contributed by atoms with van der Waals surface area (Å²) in [7, 11) is 0. The van der Waals surface area contributed by atoms with Crippen LogP contribution in [0.3, 0.4) is 0 Å². The van der Waals surface area contributed by atoms with Gasteiger partial charge in [-0.05, 0) is 45.2 Å². The van der Waals surface area contributed by atoms with Gasteiger partial charge in [0.2, 0.25) is 0 Å². The van der Waals surface area contributed by atoms with Crippen LogP contribution in [0, 0.1) is 6.92 Å². The first kappa shape index (κ1) is 9.59. The van der Waals surface area contributed by atoms with Crippen molar-refractivity contribution < 1.29 is 0 Å². The molecule has 1 saturated heterocycles. The maximum absolute atomic E-state index is 4.40. The van der Waals surface area contributed by atoms with Gasteiger partial charge in [-0.2, -0.15) is 0 Å². The Balaban J connectivity index is 1.85. The number of aryl methyl sites for hydroxylation is 2. The second kappa shape index (κ2) is 4.51. The van der Waals surface area contributed by atoms with Gasteiger partial charge in [0.1, 0.15) is 5.82 Å². The molecule has 0 spiro atoms. The van der Waals surface area contributed by atoms with Crippen LogP contribution in [0.4, 0.5) is 0 Å². The second-order valence-corrected chi connectivity index (χ2v) is 3.93. The van der Waals surface area contributed by atoms with Gasteiger partial charge in [-0.1, -0.05) is 0 Å². The van der Waals surface area contributed by atoms with E-state index in [4.69, 9.17) is 0 Å². The van der Waals surface area contributed by atoms with E-state index in [1.165, 1.54) is 31.5 Å². The van der Waals surface area contributed by atoms with Gasteiger partial charge >= 0.3 is 0 Å². The molecule has 1 aromatic heterocycles. The van der Waals surface area contributed by atoms with Gasteiger partial charge in [-0.3, -0.25) is 0 Å². The van der Waals surface area contributed by atoms with Crippen molar-refractivity contribution in [3.05, 3.63) is 23.8 Å². The average molecular weight is 191 g/mol. The lowest BCUT2D eigenvalue weighted by molar-refractivity contribution is 0.554. The third-order valence-corrected chi connectivity index (χ3v) is 2.75. The molecule has 0 amide bonds. The van der Waals surface area contributed by atoms with Gasteiger partial charge in [0, 0.05) is 17.9 Å². The van der Waals surface area contributed by atoms with Crippen LogP contribution in [-0.2, 0) is 6.42 Å². The molecule has 3 heteroatoms. The predicted molar refractivity (Wildman–Crippen MR) is 56.1 cm³/mol. The molecule has 2 heterocycles. The van der Waals surface area contributed by atoms with Crippen LogP contribution in [-0.4, -0.2) is 22.6 Å². The number of nitrogens with zero attached hydrogens (tertiary/aromatic N) is 2. The zero-order valence-electron chi connectivity index (χ0n) is 8.66. The van der Waals surface area contributed by atoms with Crippen molar-refractivity contribution in [1.29, 1.82) is 0 Å². The van der Waals surface area contributed by atoms with Crippen molar-refractivity contribution in [2.45, 2.75) is 38.6 Å². The van der Waals surface area contributed by atoms with E-state index in [0.717, 1.165) is 12.2 Å². The lowest BCUT2D eigenvalue weighted by Crippen LogP contribution is -2.21. The number of rotatable bonds is 3. The largest absolute Gasteiger partial charge is 0.314 e. The van der Waals surface area contributed by atoms with Gasteiger partial charge in [-0.25, -0.2) is 9.97 Å². The molecular weight excluding hydrogens is 174 g/mol. The van der Waals surface area contributed by atoms with E-state index < -0.39 is 0 Å². The Kier molecular flexibility index (Phi) is 3.09. The zero-order valence-corrected chi connectivity index (χ0v) is 8.66. The Morgan fingerprint density at radius 3 is 3.21 bits per heavy atom. The highest BCUT2D eigenvalue weighted by atomic mass is 14.9. The lowest BCUT2D eigenvalue weighted by Gasteiger charge is -2.08. The molecule has 1 aliphatic heterocycles. The highest BCUT2D eigenvalue weighted by molar-refractivity contribution is 5.02. The average Bonchev–Trinajstić information content (AvgIpc) is 2.67. The molecule has 1 unspecified atom stereocenters. The van der Waals surface area contributed by atoms with Crippen LogP contribution < -0.4 is 5.32 Å². The lowest BCUT2D eigenvalue weighted by atomic mass is 10.1. The summed E-state index contributed by atoms with van der Waals surface area (Å²) in [6.07, 6.45) is 6.77. The molecule has 1 atom stereocenters. The Morgan fingerprint density at radius 1 is 1.57 bits per heavy atom. The van der Waals surface area contributed by atoms with Crippen molar-refractivity contribution in [3.8, 4) is 0 Å². The fraction of sp³-hybridized carbons (Fsp3) is 0.636. The molecule has 3 nitrogen and oxygen atoms in total. The first-order valence-corrected chi connectivity index (χ1v) is 5.36. The third kappa shape index (κ3) is 2.51. The van der Waals surface area contributed by atoms with Crippen molar-refractivity contribution in [2.24, 2.45) is 0 Å². The second-order valence-electron chi connectivity index (χ2n) is 3.93. The summed E-state index contributed by atoms with van der Waals surface area (Å²) in [5.74, 6) is 0.877. The minimum absolute atomic E-state index is 0.713. The van der Waals surface area contributed by atoms with Crippen LogP contribution in [0.1, 0.15) is 30.8 Å². The van der Waals surface area contributed by atoms with Crippen molar-refractivity contribution in [3.63, 3.8) is 0 Å². The van der Waals surface area contributed by atoms with Crippen molar-refractivity contribution in [2.75, 3.05) is 6.54 Å². The smallest absolute Gasteiger partial charge is 0.125 e. The SMILES string of the molecule is Cc1nccc(CCC2CCCN2)n1. The van der Waals surface area contributed by atoms with Crippen LogP contribution in [0.25, 0.3) is 0 Å². The molecular formula is C11H17N3. The molecule has 0 bridgehead atoms. The Bertz CT molecular complexity index is 292. The topological polar surface area (TPSA) is 37.8 Å². The third-order valence-electron chi connectivity index (χ3n) is 2.75. The maximum Gasteiger partial charge on any atom is 0.125 e. The molecule has 14 heavy (non-hydrogen) atoms. The monoisotopic (exact) mass is 191 g/mol. The van der Waals surface area contributed by atoms with E-state index in [2.05, 4.69) is 15.3 Å². The Labute approximate surface area is 85.0 Å². The van der Waals surface area contributed by atoms with E-state index in [0.29, 0.717) is 6.04 Å². The number of hydrogen-bond acceptors (Lipinski definition) is 3. The minimum Gasteiger partial charge on any atom is -0.314 e. The minimum atomic E-state index is 0.713. The first-order valence-electron chi connectivity index (χ1n) is 5.36. The zero-order chi connectivity index (χ0) is 9.80. The summed E-state index contributed by atoms with van der Waals surface area (Å²) in [5.41, 5.74) is 1.17. The summed E-state index contributed by atoms with van der Waals surface area (Å²) in [5, 5.41) is 3.50. The Morgan fingerprint density at radius 2 is 2.50 bits per heavy atom. The fourth-order valence-electron chi connectivity index (χ4n) is 1.97. The van der Waals surface area contributed by atoms with E-state index in [9.17, 15) is 0 Å². The van der Waals surface area contributed by atoms with Crippen molar-refractivity contribution in [1.82, 2.24) is 15.3 Å². The van der Waals surface area contributed by atoms with Gasteiger partial charge in [-0.15, -0.1) is 0 Å². The summed E-state index contributed by atoms with van der Waals surface area (Å²) in [4.78, 5) is 8.49. The Hall–Kier alpha value is -0.960. The quantitative estimate of drug-likeness (QED) is 0.786.